The third-order valence-corrected chi connectivity index (χ3v) is 3.82. The summed E-state index contributed by atoms with van der Waals surface area (Å²) in [4.78, 5) is 11.1. The fourth-order valence-corrected chi connectivity index (χ4v) is 2.28. The number of carboxylic acids is 1. The average Bonchev–Trinajstić information content (AvgIpc) is 2.87. The highest BCUT2D eigenvalue weighted by molar-refractivity contribution is 9.10. The highest BCUT2D eigenvalue weighted by Gasteiger charge is 2.55. The summed E-state index contributed by atoms with van der Waals surface area (Å²) in [6, 6.07) is 0. The van der Waals surface area contributed by atoms with Crippen LogP contribution in [0.3, 0.4) is 0 Å². The number of nitrogens with zero attached hydrogens (tertiary/aromatic N) is 2. The molecule has 1 aromatic heterocycles. The van der Waals surface area contributed by atoms with E-state index in [0.717, 1.165) is 10.2 Å². The Morgan fingerprint density at radius 3 is 2.50 bits per heavy atom. The van der Waals surface area contributed by atoms with E-state index in [1.165, 1.54) is 0 Å². The minimum Gasteiger partial charge on any atom is -0.481 e. The van der Waals surface area contributed by atoms with E-state index in [2.05, 4.69) is 21.0 Å². The second kappa shape index (κ2) is 2.82. The zero-order chi connectivity index (χ0) is 10.5. The Hall–Kier alpha value is -0.840. The van der Waals surface area contributed by atoms with Crippen LogP contribution in [0, 0.1) is 6.92 Å². The van der Waals surface area contributed by atoms with Crippen LogP contribution in [0.4, 0.5) is 0 Å². The van der Waals surface area contributed by atoms with Crippen LogP contribution in [0.1, 0.15) is 24.2 Å². The molecule has 14 heavy (non-hydrogen) atoms. The van der Waals surface area contributed by atoms with E-state index in [4.69, 9.17) is 5.11 Å². The molecule has 76 valence electrons. The molecule has 2 rings (SSSR count). The highest BCUT2D eigenvalue weighted by atomic mass is 79.9. The van der Waals surface area contributed by atoms with Crippen molar-refractivity contribution in [2.45, 2.75) is 25.2 Å². The Balaban J connectivity index is 2.52. The van der Waals surface area contributed by atoms with Crippen molar-refractivity contribution in [1.29, 1.82) is 0 Å². The average molecular weight is 259 g/mol. The van der Waals surface area contributed by atoms with Gasteiger partial charge in [-0.2, -0.15) is 5.10 Å². The van der Waals surface area contributed by atoms with Gasteiger partial charge in [0, 0.05) is 12.7 Å². The lowest BCUT2D eigenvalue weighted by molar-refractivity contribution is -0.140. The molecule has 0 radical (unpaired) electrons. The summed E-state index contributed by atoms with van der Waals surface area (Å²) in [5.41, 5.74) is 0.919. The van der Waals surface area contributed by atoms with Gasteiger partial charge >= 0.3 is 5.97 Å². The Morgan fingerprint density at radius 2 is 2.21 bits per heavy atom. The van der Waals surface area contributed by atoms with Gasteiger partial charge in [-0.15, -0.1) is 0 Å². The molecule has 0 unspecified atom stereocenters. The molecule has 1 aromatic rings. The number of carboxylic acid groups (broad SMARTS) is 1. The molecule has 1 N–H and O–H groups in total. The van der Waals surface area contributed by atoms with Crippen LogP contribution in [0.15, 0.2) is 4.47 Å². The molecule has 5 heteroatoms. The molecule has 1 aliphatic rings. The summed E-state index contributed by atoms with van der Waals surface area (Å²) in [6.45, 7) is 1.92. The summed E-state index contributed by atoms with van der Waals surface area (Å²) in [5.74, 6) is -0.767. The fraction of sp³-hybridized carbons (Fsp3) is 0.556. The smallest absolute Gasteiger partial charge is 0.315 e. The van der Waals surface area contributed by atoms with Crippen LogP contribution >= 0.6 is 15.9 Å². The van der Waals surface area contributed by atoms with Gasteiger partial charge in [0.25, 0.3) is 0 Å². The lowest BCUT2D eigenvalue weighted by atomic mass is 10.0. The summed E-state index contributed by atoms with van der Waals surface area (Å²) in [6.07, 6.45) is 1.38. The molecular weight excluding hydrogens is 248 g/mol. The summed E-state index contributed by atoms with van der Waals surface area (Å²) >= 11 is 3.40. The number of halogens is 1. The maximum absolute atomic E-state index is 11.1. The molecular formula is C9H11BrN2O2. The molecule has 0 aromatic carbocycles. The van der Waals surface area contributed by atoms with E-state index in [9.17, 15) is 4.79 Å². The van der Waals surface area contributed by atoms with Gasteiger partial charge in [-0.1, -0.05) is 0 Å². The van der Waals surface area contributed by atoms with E-state index in [1.54, 1.807) is 4.68 Å². The quantitative estimate of drug-likeness (QED) is 0.877. The number of aliphatic carboxylic acids is 1. The van der Waals surface area contributed by atoms with E-state index >= 15 is 0 Å². The number of rotatable bonds is 2. The molecule has 0 atom stereocenters. The predicted octanol–water partition coefficient (Wildman–Crippen LogP) is 1.61. The Morgan fingerprint density at radius 1 is 1.64 bits per heavy atom. The number of carbonyl (C=O) groups is 1. The molecule has 0 saturated heterocycles. The first-order valence-corrected chi connectivity index (χ1v) is 5.21. The van der Waals surface area contributed by atoms with Crippen LogP contribution in [-0.2, 0) is 17.3 Å². The highest BCUT2D eigenvalue weighted by Crippen LogP contribution is 2.50. The first-order valence-electron chi connectivity index (χ1n) is 4.42. The fourth-order valence-electron chi connectivity index (χ4n) is 1.57. The van der Waals surface area contributed by atoms with Crippen molar-refractivity contribution in [3.63, 3.8) is 0 Å². The van der Waals surface area contributed by atoms with Crippen LogP contribution < -0.4 is 0 Å². The lowest BCUT2D eigenvalue weighted by Gasteiger charge is -2.05. The topological polar surface area (TPSA) is 55.1 Å². The van der Waals surface area contributed by atoms with Crippen molar-refractivity contribution in [3.8, 4) is 0 Å². The van der Waals surface area contributed by atoms with Crippen molar-refractivity contribution in [2.24, 2.45) is 7.05 Å². The summed E-state index contributed by atoms with van der Waals surface area (Å²) in [5, 5.41) is 13.4. The molecule has 1 aliphatic carbocycles. The zero-order valence-electron chi connectivity index (χ0n) is 8.04. The van der Waals surface area contributed by atoms with Gasteiger partial charge in [0.2, 0.25) is 0 Å². The van der Waals surface area contributed by atoms with Gasteiger partial charge in [-0.3, -0.25) is 9.48 Å². The first kappa shape index (κ1) is 9.71. The van der Waals surface area contributed by atoms with Crippen molar-refractivity contribution in [2.75, 3.05) is 0 Å². The molecule has 1 heterocycles. The lowest BCUT2D eigenvalue weighted by Crippen LogP contribution is -2.20. The van der Waals surface area contributed by atoms with Crippen molar-refractivity contribution in [3.05, 3.63) is 15.9 Å². The van der Waals surface area contributed by atoms with E-state index in [-0.39, 0.29) is 0 Å². The third kappa shape index (κ3) is 1.11. The minimum absolute atomic E-state index is 0.671. The van der Waals surface area contributed by atoms with Gasteiger partial charge in [-0.05, 0) is 35.7 Å². The minimum atomic E-state index is -0.767. The van der Waals surface area contributed by atoms with Gasteiger partial charge in [-0.25, -0.2) is 0 Å². The number of hydrogen-bond acceptors (Lipinski definition) is 2. The monoisotopic (exact) mass is 258 g/mol. The standard InChI is InChI=1S/C9H11BrN2O2/c1-5-6(10)7(11-12(5)2)9(3-4-9)8(13)14/h3-4H2,1-2H3,(H,13,14). The van der Waals surface area contributed by atoms with Crippen molar-refractivity contribution >= 4 is 21.9 Å². The second-order valence-electron chi connectivity index (χ2n) is 3.76. The Kier molecular flexibility index (Phi) is 1.96. The van der Waals surface area contributed by atoms with E-state index in [0.29, 0.717) is 18.5 Å². The number of hydrogen-bond donors (Lipinski definition) is 1. The Bertz CT molecular complexity index is 407. The normalized spacial score (nSPS) is 18.2. The SMILES string of the molecule is Cc1c(Br)c(C2(C(=O)O)CC2)nn1C. The molecule has 1 fully saturated rings. The van der Waals surface area contributed by atoms with Gasteiger partial charge in [0.15, 0.2) is 0 Å². The molecule has 0 amide bonds. The maximum atomic E-state index is 11.1. The van der Waals surface area contributed by atoms with Crippen LogP contribution in [0.2, 0.25) is 0 Å². The molecule has 0 aliphatic heterocycles. The molecule has 1 saturated carbocycles. The van der Waals surface area contributed by atoms with Crippen molar-refractivity contribution in [1.82, 2.24) is 9.78 Å². The maximum Gasteiger partial charge on any atom is 0.315 e. The predicted molar refractivity (Wildman–Crippen MR) is 54.2 cm³/mol. The second-order valence-corrected chi connectivity index (χ2v) is 4.55. The van der Waals surface area contributed by atoms with Gasteiger partial charge in [0.1, 0.15) is 5.41 Å². The Labute approximate surface area is 90.0 Å². The van der Waals surface area contributed by atoms with Gasteiger partial charge in [0.05, 0.1) is 10.2 Å². The molecule has 0 bridgehead atoms. The zero-order valence-corrected chi connectivity index (χ0v) is 9.63. The van der Waals surface area contributed by atoms with E-state index < -0.39 is 11.4 Å². The summed E-state index contributed by atoms with van der Waals surface area (Å²) < 4.78 is 2.54. The summed E-state index contributed by atoms with van der Waals surface area (Å²) in [7, 11) is 1.82. The molecule has 0 spiro atoms. The number of aryl methyl sites for hydroxylation is 1. The molecule has 4 nitrogen and oxygen atoms in total. The van der Waals surface area contributed by atoms with E-state index in [1.807, 2.05) is 14.0 Å². The number of aromatic nitrogens is 2. The largest absolute Gasteiger partial charge is 0.481 e. The van der Waals surface area contributed by atoms with Crippen molar-refractivity contribution < 1.29 is 9.90 Å². The van der Waals surface area contributed by atoms with Crippen LogP contribution in [-0.4, -0.2) is 20.9 Å². The van der Waals surface area contributed by atoms with Crippen LogP contribution in [0.25, 0.3) is 0 Å². The first-order chi connectivity index (χ1) is 6.49. The van der Waals surface area contributed by atoms with Crippen LogP contribution in [0.5, 0.6) is 0 Å². The third-order valence-electron chi connectivity index (χ3n) is 2.87. The van der Waals surface area contributed by atoms with Gasteiger partial charge < -0.3 is 5.11 Å².